The minimum atomic E-state index is -0.342. The Balaban J connectivity index is 1.49. The first kappa shape index (κ1) is 22.7. The molecular formula is C26H30N4O3. The fraction of sp³-hybridized carbons (Fsp3) is 0.385. The highest BCUT2D eigenvalue weighted by Crippen LogP contribution is 2.28. The van der Waals surface area contributed by atoms with Gasteiger partial charge in [0.25, 0.3) is 0 Å². The van der Waals surface area contributed by atoms with Gasteiger partial charge in [0, 0.05) is 6.92 Å². The van der Waals surface area contributed by atoms with E-state index in [0.717, 1.165) is 23.5 Å². The molecule has 0 radical (unpaired) electrons. The fourth-order valence-electron chi connectivity index (χ4n) is 3.83. The Hall–Kier alpha value is -3.48. The van der Waals surface area contributed by atoms with E-state index in [1.165, 1.54) is 26.2 Å². The van der Waals surface area contributed by atoms with Crippen LogP contribution in [0.25, 0.3) is 0 Å². The van der Waals surface area contributed by atoms with Gasteiger partial charge in [0.2, 0.25) is 5.91 Å². The number of ether oxygens (including phenoxy) is 1. The Labute approximate surface area is 194 Å². The lowest BCUT2D eigenvalue weighted by atomic mass is 9.86. The Morgan fingerprint density at radius 1 is 1.09 bits per heavy atom. The zero-order chi connectivity index (χ0) is 23.2. The molecule has 2 aromatic carbocycles. The van der Waals surface area contributed by atoms with Crippen molar-refractivity contribution in [2.24, 2.45) is 5.92 Å². The number of ketones is 1. The summed E-state index contributed by atoms with van der Waals surface area (Å²) in [6.07, 6.45) is 5.39. The van der Waals surface area contributed by atoms with Crippen molar-refractivity contribution in [3.63, 3.8) is 0 Å². The third-order valence-corrected chi connectivity index (χ3v) is 6.27. The van der Waals surface area contributed by atoms with Gasteiger partial charge in [-0.05, 0) is 48.9 Å². The molecule has 1 aliphatic rings. The van der Waals surface area contributed by atoms with Crippen LogP contribution >= 0.6 is 0 Å². The molecule has 7 heteroatoms. The summed E-state index contributed by atoms with van der Waals surface area (Å²) in [6, 6.07) is 17.2. The van der Waals surface area contributed by atoms with E-state index in [1.807, 2.05) is 61.5 Å². The van der Waals surface area contributed by atoms with Gasteiger partial charge in [-0.25, -0.2) is 4.68 Å². The standard InChI is InChI=1S/C26H30N4O3/c1-18(21-9-4-3-5-10-21)26(32)27-25(16-30-15-24(19(2)31)28-29-30)22-11-13-23(14-12-22)33-17-20-7-6-8-20/h3-5,9-15,18,20,25H,6-8,16-17H2,1-2H3,(H,27,32)/t18-,25-/m0/s1. The quantitative estimate of drug-likeness (QED) is 0.469. The average Bonchev–Trinajstić information content (AvgIpc) is 3.27. The second kappa shape index (κ2) is 10.4. The van der Waals surface area contributed by atoms with Crippen molar-refractivity contribution in [1.82, 2.24) is 20.3 Å². The molecular weight excluding hydrogens is 416 g/mol. The summed E-state index contributed by atoms with van der Waals surface area (Å²) in [5.41, 5.74) is 2.19. The van der Waals surface area contributed by atoms with Crippen LogP contribution in [0.3, 0.4) is 0 Å². The summed E-state index contributed by atoms with van der Waals surface area (Å²) >= 11 is 0. The Bertz CT molecular complexity index is 1070. The number of Topliss-reactive ketones (excluding diaryl/α,β-unsaturated/α-hetero) is 1. The van der Waals surface area contributed by atoms with Gasteiger partial charge in [-0.15, -0.1) is 5.10 Å². The smallest absolute Gasteiger partial charge is 0.227 e. The van der Waals surface area contributed by atoms with E-state index in [2.05, 4.69) is 15.6 Å². The van der Waals surface area contributed by atoms with Gasteiger partial charge in [0.1, 0.15) is 11.4 Å². The second-order valence-electron chi connectivity index (χ2n) is 8.75. The molecule has 7 nitrogen and oxygen atoms in total. The zero-order valence-electron chi connectivity index (χ0n) is 19.1. The molecule has 1 saturated carbocycles. The number of nitrogens with zero attached hydrogens (tertiary/aromatic N) is 3. The number of carbonyl (C=O) groups is 2. The topological polar surface area (TPSA) is 86.1 Å². The van der Waals surface area contributed by atoms with Crippen molar-refractivity contribution < 1.29 is 14.3 Å². The number of aromatic nitrogens is 3. The van der Waals surface area contributed by atoms with E-state index in [-0.39, 0.29) is 23.7 Å². The highest BCUT2D eigenvalue weighted by Gasteiger charge is 2.22. The summed E-state index contributed by atoms with van der Waals surface area (Å²) in [7, 11) is 0. The Morgan fingerprint density at radius 2 is 1.82 bits per heavy atom. The van der Waals surface area contributed by atoms with Crippen LogP contribution in [0.1, 0.15) is 66.7 Å². The maximum atomic E-state index is 13.1. The predicted molar refractivity (Wildman–Crippen MR) is 125 cm³/mol. The van der Waals surface area contributed by atoms with E-state index in [0.29, 0.717) is 18.2 Å². The second-order valence-corrected chi connectivity index (χ2v) is 8.75. The van der Waals surface area contributed by atoms with Crippen LogP contribution in [0.2, 0.25) is 0 Å². The highest BCUT2D eigenvalue weighted by molar-refractivity contribution is 5.91. The van der Waals surface area contributed by atoms with Crippen molar-refractivity contribution in [2.75, 3.05) is 6.61 Å². The minimum absolute atomic E-state index is 0.0802. The van der Waals surface area contributed by atoms with Crippen molar-refractivity contribution in [2.45, 2.75) is 51.6 Å². The molecule has 0 aliphatic heterocycles. The molecule has 1 amide bonds. The van der Waals surface area contributed by atoms with Gasteiger partial charge < -0.3 is 10.1 Å². The van der Waals surface area contributed by atoms with Gasteiger partial charge in [0.15, 0.2) is 5.78 Å². The maximum absolute atomic E-state index is 13.1. The number of hydrogen-bond donors (Lipinski definition) is 1. The average molecular weight is 447 g/mol. The molecule has 172 valence electrons. The first-order valence-corrected chi connectivity index (χ1v) is 11.5. The fourth-order valence-corrected chi connectivity index (χ4v) is 3.83. The molecule has 1 heterocycles. The third kappa shape index (κ3) is 5.86. The first-order valence-electron chi connectivity index (χ1n) is 11.5. The number of hydrogen-bond acceptors (Lipinski definition) is 5. The predicted octanol–water partition coefficient (Wildman–Crippen LogP) is 4.32. The van der Waals surface area contributed by atoms with Crippen LogP contribution in [0.4, 0.5) is 0 Å². The summed E-state index contributed by atoms with van der Waals surface area (Å²) in [6.45, 7) is 4.45. The Morgan fingerprint density at radius 3 is 2.42 bits per heavy atom. The molecule has 1 N–H and O–H groups in total. The molecule has 2 atom stereocenters. The lowest BCUT2D eigenvalue weighted by molar-refractivity contribution is -0.123. The van der Waals surface area contributed by atoms with Gasteiger partial charge in [-0.2, -0.15) is 0 Å². The zero-order valence-corrected chi connectivity index (χ0v) is 19.1. The summed E-state index contributed by atoms with van der Waals surface area (Å²) in [5, 5.41) is 11.1. The number of rotatable bonds is 10. The molecule has 1 aliphatic carbocycles. The molecule has 3 aromatic rings. The number of amides is 1. The summed E-state index contributed by atoms with van der Waals surface area (Å²) in [5.74, 6) is 0.963. The first-order chi connectivity index (χ1) is 16.0. The van der Waals surface area contributed by atoms with E-state index in [4.69, 9.17) is 4.74 Å². The monoisotopic (exact) mass is 446 g/mol. The molecule has 1 aromatic heterocycles. The van der Waals surface area contributed by atoms with Gasteiger partial charge >= 0.3 is 0 Å². The largest absolute Gasteiger partial charge is 0.493 e. The van der Waals surface area contributed by atoms with Crippen molar-refractivity contribution in [3.8, 4) is 5.75 Å². The molecule has 0 spiro atoms. The lowest BCUT2D eigenvalue weighted by Crippen LogP contribution is -2.34. The summed E-state index contributed by atoms with van der Waals surface area (Å²) < 4.78 is 7.51. The van der Waals surface area contributed by atoms with Crippen LogP contribution in [0.15, 0.2) is 60.8 Å². The van der Waals surface area contributed by atoms with Crippen LogP contribution in [-0.4, -0.2) is 33.3 Å². The molecule has 0 saturated heterocycles. The number of nitrogens with one attached hydrogen (secondary N) is 1. The highest BCUT2D eigenvalue weighted by atomic mass is 16.5. The van der Waals surface area contributed by atoms with Gasteiger partial charge in [-0.3, -0.25) is 9.59 Å². The number of carbonyl (C=O) groups excluding carboxylic acids is 2. The molecule has 33 heavy (non-hydrogen) atoms. The van der Waals surface area contributed by atoms with Crippen LogP contribution < -0.4 is 10.1 Å². The lowest BCUT2D eigenvalue weighted by Gasteiger charge is -2.25. The number of benzene rings is 2. The molecule has 1 fully saturated rings. The van der Waals surface area contributed by atoms with E-state index >= 15 is 0 Å². The molecule has 0 unspecified atom stereocenters. The van der Waals surface area contributed by atoms with Crippen molar-refractivity contribution in [1.29, 1.82) is 0 Å². The van der Waals surface area contributed by atoms with Gasteiger partial charge in [-0.1, -0.05) is 54.1 Å². The molecule has 4 rings (SSSR count). The Kier molecular flexibility index (Phi) is 7.17. The van der Waals surface area contributed by atoms with Crippen molar-refractivity contribution in [3.05, 3.63) is 77.6 Å². The maximum Gasteiger partial charge on any atom is 0.227 e. The van der Waals surface area contributed by atoms with E-state index < -0.39 is 0 Å². The van der Waals surface area contributed by atoms with E-state index in [1.54, 1.807) is 10.9 Å². The van der Waals surface area contributed by atoms with Crippen LogP contribution in [0, 0.1) is 5.92 Å². The normalized spacial score (nSPS) is 15.3. The minimum Gasteiger partial charge on any atom is -0.493 e. The van der Waals surface area contributed by atoms with E-state index in [9.17, 15) is 9.59 Å². The summed E-state index contributed by atoms with van der Waals surface area (Å²) in [4.78, 5) is 24.7. The molecule has 0 bridgehead atoms. The van der Waals surface area contributed by atoms with Crippen molar-refractivity contribution >= 4 is 11.7 Å². The van der Waals surface area contributed by atoms with Crippen LogP contribution in [-0.2, 0) is 11.3 Å². The van der Waals surface area contributed by atoms with Crippen LogP contribution in [0.5, 0.6) is 5.75 Å². The van der Waals surface area contributed by atoms with Gasteiger partial charge in [0.05, 0.1) is 31.3 Å². The SMILES string of the molecule is CC(=O)c1cn(C[C@H](NC(=O)[C@@H](C)c2ccccc2)c2ccc(OCC3CCC3)cc2)nn1. The third-order valence-electron chi connectivity index (χ3n) is 6.27.